The fraction of sp³-hybridized carbons (Fsp3) is 0.500. The molecule has 306 valence electrons. The van der Waals surface area contributed by atoms with Gasteiger partial charge in [0.05, 0.1) is 6.42 Å². The molecule has 56 heavy (non-hydrogen) atoms. The van der Waals surface area contributed by atoms with Crippen LogP contribution in [-0.2, 0) is 33.5 Å². The molecule has 3 heterocycles. The number of fused-ring (bicyclic) bond motifs is 2. The molecule has 0 radical (unpaired) electrons. The van der Waals surface area contributed by atoms with Crippen molar-refractivity contribution in [2.45, 2.75) is 97.0 Å². The van der Waals surface area contributed by atoms with E-state index in [1.165, 1.54) is 33.9 Å². The lowest BCUT2D eigenvalue weighted by Gasteiger charge is -2.33. The number of anilines is 1. The molecule has 2 aromatic rings. The normalized spacial score (nSPS) is 23.0. The summed E-state index contributed by atoms with van der Waals surface area (Å²) in [7, 11) is 1.53. The molecule has 5 rings (SSSR count). The van der Waals surface area contributed by atoms with Crippen LogP contribution in [0.15, 0.2) is 42.5 Å². The van der Waals surface area contributed by atoms with Crippen LogP contribution < -0.4 is 21.5 Å². The van der Waals surface area contributed by atoms with Gasteiger partial charge in [0.15, 0.2) is 0 Å². The van der Waals surface area contributed by atoms with Gasteiger partial charge in [0, 0.05) is 31.9 Å². The molecule has 5 atom stereocenters. The standard InChI is InChI=1S/C21H32N4O6.C10H12FN3O2.C7H6F2/c1-12-11-17(26)24-9-5-7-15(24)20(29)23(4)14(3)18(27)22-13(2)19(28)25-10-6-8-16(25)21(30)31-12;1-7-2-4-8(5-3-7)13-10(16)12-6-9(15)14-11;1-5-2-6(8)4-7(9)3-5/h12-16H,5-11H2,1-4H3,(H,22,27);2-5H,6H2,1H3,(H,14,15)(H2,12,13,16);2-4H,1H3. The third kappa shape index (κ3) is 13.0. The average molecular weight is 790 g/mol. The number of amides is 7. The Hall–Kier alpha value is -5.68. The van der Waals surface area contributed by atoms with Gasteiger partial charge in [0.25, 0.3) is 5.91 Å². The lowest BCUT2D eigenvalue weighted by molar-refractivity contribution is -0.160. The number of ether oxygens (including phenoxy) is 1. The van der Waals surface area contributed by atoms with Crippen LogP contribution >= 0.6 is 0 Å². The summed E-state index contributed by atoms with van der Waals surface area (Å²) in [6.45, 7) is 8.81. The van der Waals surface area contributed by atoms with Crippen molar-refractivity contribution in [3.8, 4) is 0 Å². The monoisotopic (exact) mass is 789 g/mol. The molecule has 3 saturated heterocycles. The zero-order chi connectivity index (χ0) is 41.7. The largest absolute Gasteiger partial charge is 0.461 e. The van der Waals surface area contributed by atoms with Crippen LogP contribution in [0.3, 0.4) is 0 Å². The van der Waals surface area contributed by atoms with E-state index in [0.717, 1.165) is 17.2 Å². The number of hydrogen-bond acceptors (Lipinski definition) is 8. The predicted octanol–water partition coefficient (Wildman–Crippen LogP) is 3.05. The van der Waals surface area contributed by atoms with Gasteiger partial charge in [-0.25, -0.2) is 18.4 Å². The summed E-state index contributed by atoms with van der Waals surface area (Å²) in [5.41, 5.74) is 3.19. The maximum atomic E-state index is 13.0. The molecule has 7 amide bonds. The Morgan fingerprint density at radius 1 is 0.839 bits per heavy atom. The van der Waals surface area contributed by atoms with Crippen molar-refractivity contribution in [2.24, 2.45) is 0 Å². The highest BCUT2D eigenvalue weighted by atomic mass is 19.2. The van der Waals surface area contributed by atoms with Crippen molar-refractivity contribution < 1.29 is 51.6 Å². The first kappa shape index (κ1) is 44.7. The van der Waals surface area contributed by atoms with E-state index in [1.807, 2.05) is 19.1 Å². The lowest BCUT2D eigenvalue weighted by atomic mass is 10.1. The molecule has 18 heteroatoms. The first-order chi connectivity index (χ1) is 26.4. The minimum atomic E-state index is -0.904. The topological polar surface area (TPSA) is 187 Å². The quantitative estimate of drug-likeness (QED) is 0.270. The van der Waals surface area contributed by atoms with Crippen molar-refractivity contribution in [3.05, 3.63) is 65.2 Å². The smallest absolute Gasteiger partial charge is 0.329 e. The molecule has 4 N–H and O–H groups in total. The molecule has 2 aromatic carbocycles. The maximum Gasteiger partial charge on any atom is 0.329 e. The van der Waals surface area contributed by atoms with Gasteiger partial charge in [-0.1, -0.05) is 17.7 Å². The molecule has 0 aliphatic carbocycles. The highest BCUT2D eigenvalue weighted by Gasteiger charge is 2.41. The third-order valence-electron chi connectivity index (χ3n) is 9.31. The van der Waals surface area contributed by atoms with Crippen LogP contribution in [-0.4, -0.2) is 113 Å². The van der Waals surface area contributed by atoms with Gasteiger partial charge in [-0.3, -0.25) is 24.0 Å². The highest BCUT2D eigenvalue weighted by Crippen LogP contribution is 2.24. The molecule has 0 aromatic heterocycles. The van der Waals surface area contributed by atoms with Crippen LogP contribution in [0.1, 0.15) is 64.0 Å². The van der Waals surface area contributed by atoms with Gasteiger partial charge in [-0.15, -0.1) is 4.48 Å². The fourth-order valence-corrected chi connectivity index (χ4v) is 6.22. The zero-order valence-electron chi connectivity index (χ0n) is 32.3. The molecule has 3 aliphatic heterocycles. The second-order valence-corrected chi connectivity index (χ2v) is 13.9. The van der Waals surface area contributed by atoms with E-state index >= 15 is 0 Å². The summed E-state index contributed by atoms with van der Waals surface area (Å²) in [4.78, 5) is 90.2. The number of urea groups is 1. The molecule has 0 bridgehead atoms. The number of benzene rings is 2. The number of rotatable bonds is 3. The maximum absolute atomic E-state index is 13.0. The van der Waals surface area contributed by atoms with Crippen LogP contribution in [0.4, 0.5) is 23.7 Å². The lowest BCUT2D eigenvalue weighted by Crippen LogP contribution is -2.56. The molecular weight excluding hydrogens is 739 g/mol. The predicted molar refractivity (Wildman–Crippen MR) is 198 cm³/mol. The van der Waals surface area contributed by atoms with Gasteiger partial charge >= 0.3 is 12.0 Å². The van der Waals surface area contributed by atoms with Gasteiger partial charge in [0.1, 0.15) is 48.5 Å². The first-order valence-electron chi connectivity index (χ1n) is 18.2. The van der Waals surface area contributed by atoms with E-state index in [1.54, 1.807) is 39.8 Å². The number of hydrogen-bond donors (Lipinski definition) is 4. The summed E-state index contributed by atoms with van der Waals surface area (Å²) in [6, 6.07) is 6.95. The van der Waals surface area contributed by atoms with Crippen molar-refractivity contribution >= 4 is 47.2 Å². The Labute approximate surface area is 323 Å². The second-order valence-electron chi connectivity index (χ2n) is 13.9. The fourth-order valence-electron chi connectivity index (χ4n) is 6.22. The number of carbonyl (C=O) groups excluding carboxylic acids is 7. The van der Waals surface area contributed by atoms with Crippen molar-refractivity contribution in [1.29, 1.82) is 0 Å². The molecule has 0 spiro atoms. The number of nitrogens with zero attached hydrogens (tertiary/aromatic N) is 3. The number of nitrogens with one attached hydrogen (secondary N) is 4. The number of halogens is 3. The highest BCUT2D eigenvalue weighted by molar-refractivity contribution is 5.95. The number of aryl methyl sites for hydroxylation is 2. The summed E-state index contributed by atoms with van der Waals surface area (Å²) in [6.07, 6.45) is 1.63. The van der Waals surface area contributed by atoms with Gasteiger partial charge in [-0.2, -0.15) is 5.54 Å². The van der Waals surface area contributed by atoms with E-state index in [2.05, 4.69) is 16.0 Å². The molecule has 3 aliphatic rings. The summed E-state index contributed by atoms with van der Waals surface area (Å²) in [5.74, 6) is -3.90. The van der Waals surface area contributed by atoms with Gasteiger partial charge in [0.2, 0.25) is 23.6 Å². The number of likely N-dealkylation sites (N-methyl/N-ethyl adjacent to an activating group) is 1. The van der Waals surface area contributed by atoms with Gasteiger partial charge in [-0.05, 0) is 90.1 Å². The number of esters is 1. The van der Waals surface area contributed by atoms with Gasteiger partial charge < -0.3 is 35.4 Å². The van der Waals surface area contributed by atoms with E-state index in [9.17, 15) is 46.8 Å². The van der Waals surface area contributed by atoms with Crippen molar-refractivity contribution in [3.63, 3.8) is 0 Å². The van der Waals surface area contributed by atoms with Crippen molar-refractivity contribution in [2.75, 3.05) is 32.0 Å². The Balaban J connectivity index is 0.000000277. The van der Waals surface area contributed by atoms with Crippen LogP contribution in [0.25, 0.3) is 0 Å². The van der Waals surface area contributed by atoms with Crippen LogP contribution in [0, 0.1) is 25.5 Å². The number of cyclic esters (lactones) is 1. The molecule has 0 saturated carbocycles. The van der Waals surface area contributed by atoms with Crippen molar-refractivity contribution in [1.82, 2.24) is 30.9 Å². The SMILES string of the molecule is CC1CC(=O)N2CCCC2C(=O)N(C)C(C)C(=O)NC(C)C(=O)N2CCCC2C(=O)O1.Cc1cc(F)cc(F)c1.Cc1ccc(NC(=O)NCC(=O)NF)cc1. The minimum Gasteiger partial charge on any atom is -0.461 e. The molecule has 5 unspecified atom stereocenters. The Bertz CT molecular complexity index is 1700. The second kappa shape index (κ2) is 20.8. The average Bonchev–Trinajstić information content (AvgIpc) is 3.84. The number of carbonyl (C=O) groups is 7. The summed E-state index contributed by atoms with van der Waals surface area (Å²) < 4.78 is 41.4. The molecule has 3 fully saturated rings. The van der Waals surface area contributed by atoms with Crippen LogP contribution in [0.2, 0.25) is 0 Å². The molecule has 15 nitrogen and oxygen atoms in total. The Morgan fingerprint density at radius 2 is 1.43 bits per heavy atom. The third-order valence-corrected chi connectivity index (χ3v) is 9.31. The Kier molecular flexibility index (Phi) is 16.6. The van der Waals surface area contributed by atoms with E-state index in [-0.39, 0.29) is 24.1 Å². The molecular formula is C38H50F3N7O8. The van der Waals surface area contributed by atoms with Crippen LogP contribution in [0.5, 0.6) is 0 Å². The first-order valence-corrected chi connectivity index (χ1v) is 18.2. The summed E-state index contributed by atoms with van der Waals surface area (Å²) >= 11 is 0. The Morgan fingerprint density at radius 3 is 2.02 bits per heavy atom. The van der Waals surface area contributed by atoms with E-state index < -0.39 is 72.3 Å². The minimum absolute atomic E-state index is 0.0354. The zero-order valence-corrected chi connectivity index (χ0v) is 32.3. The van der Waals surface area contributed by atoms with E-state index in [0.29, 0.717) is 50.0 Å². The van der Waals surface area contributed by atoms with E-state index in [4.69, 9.17) is 4.74 Å². The summed E-state index contributed by atoms with van der Waals surface area (Å²) in [5, 5.41) is 7.35.